The van der Waals surface area contributed by atoms with E-state index >= 15 is 0 Å². The second kappa shape index (κ2) is 6.84. The SMILES string of the molecule is CCOCCONN. The normalized spacial score (nSPS) is 9.75. The van der Waals surface area contributed by atoms with Gasteiger partial charge in [0.05, 0.1) is 13.2 Å². The molecule has 0 aromatic heterocycles. The van der Waals surface area contributed by atoms with Crippen LogP contribution in [0.15, 0.2) is 0 Å². The summed E-state index contributed by atoms with van der Waals surface area (Å²) in [6.07, 6.45) is 0. The van der Waals surface area contributed by atoms with E-state index in [9.17, 15) is 0 Å². The van der Waals surface area contributed by atoms with E-state index < -0.39 is 0 Å². The van der Waals surface area contributed by atoms with Gasteiger partial charge in [0.15, 0.2) is 0 Å². The van der Waals surface area contributed by atoms with Gasteiger partial charge < -0.3 is 4.74 Å². The summed E-state index contributed by atoms with van der Waals surface area (Å²) >= 11 is 0. The maximum atomic E-state index is 4.92. The van der Waals surface area contributed by atoms with Crippen LogP contribution in [0.5, 0.6) is 0 Å². The molecule has 0 aromatic rings. The smallest absolute Gasteiger partial charge is 0.0932 e. The molecule has 0 heterocycles. The largest absolute Gasteiger partial charge is 0.379 e. The minimum absolute atomic E-state index is 0.490. The predicted molar refractivity (Wildman–Crippen MR) is 29.8 cm³/mol. The lowest BCUT2D eigenvalue weighted by Crippen LogP contribution is -2.24. The minimum Gasteiger partial charge on any atom is -0.379 e. The molecule has 0 unspecified atom stereocenters. The third-order valence-corrected chi connectivity index (χ3v) is 0.617. The Bertz CT molecular complexity index is 37.0. The Hall–Kier alpha value is -0.160. The highest BCUT2D eigenvalue weighted by atomic mass is 16.7. The summed E-state index contributed by atoms with van der Waals surface area (Å²) in [5, 5.41) is 0. The number of rotatable bonds is 5. The first-order chi connectivity index (χ1) is 3.91. The van der Waals surface area contributed by atoms with Crippen LogP contribution in [0.3, 0.4) is 0 Å². The van der Waals surface area contributed by atoms with Crippen molar-refractivity contribution < 1.29 is 9.57 Å². The van der Waals surface area contributed by atoms with Gasteiger partial charge in [0.25, 0.3) is 0 Å². The summed E-state index contributed by atoms with van der Waals surface area (Å²) < 4.78 is 4.92. The summed E-state index contributed by atoms with van der Waals surface area (Å²) in [7, 11) is 0. The van der Waals surface area contributed by atoms with E-state index in [2.05, 4.69) is 4.84 Å². The molecule has 4 nitrogen and oxygen atoms in total. The monoisotopic (exact) mass is 120 g/mol. The fraction of sp³-hybridized carbons (Fsp3) is 1.00. The number of hydrogen-bond acceptors (Lipinski definition) is 4. The van der Waals surface area contributed by atoms with Gasteiger partial charge in [-0.2, -0.15) is 0 Å². The first-order valence-corrected chi connectivity index (χ1v) is 2.57. The number of hydrogen-bond donors (Lipinski definition) is 2. The third-order valence-electron chi connectivity index (χ3n) is 0.617. The van der Waals surface area contributed by atoms with Crippen molar-refractivity contribution in [2.45, 2.75) is 6.92 Å². The van der Waals surface area contributed by atoms with Gasteiger partial charge in [0, 0.05) is 6.61 Å². The van der Waals surface area contributed by atoms with Crippen LogP contribution >= 0.6 is 0 Å². The van der Waals surface area contributed by atoms with Crippen molar-refractivity contribution in [3.05, 3.63) is 0 Å². The van der Waals surface area contributed by atoms with Gasteiger partial charge in [-0.1, -0.05) is 0 Å². The molecule has 0 aliphatic carbocycles. The van der Waals surface area contributed by atoms with Crippen LogP contribution in [0.1, 0.15) is 6.92 Å². The molecule has 0 amide bonds. The van der Waals surface area contributed by atoms with E-state index in [-0.39, 0.29) is 0 Å². The van der Waals surface area contributed by atoms with Crippen molar-refractivity contribution in [3.63, 3.8) is 0 Å². The molecule has 0 aliphatic rings. The summed E-state index contributed by atoms with van der Waals surface area (Å²) in [6, 6.07) is 0. The number of nitrogens with one attached hydrogen (secondary N) is 1. The zero-order chi connectivity index (χ0) is 6.24. The van der Waals surface area contributed by atoms with Gasteiger partial charge in [0.1, 0.15) is 0 Å². The summed E-state index contributed by atoms with van der Waals surface area (Å²) in [4.78, 5) is 4.54. The Kier molecular flexibility index (Phi) is 6.70. The number of hydrazine groups is 1. The third kappa shape index (κ3) is 5.84. The van der Waals surface area contributed by atoms with E-state index in [1.807, 2.05) is 12.5 Å². The first-order valence-electron chi connectivity index (χ1n) is 2.57. The van der Waals surface area contributed by atoms with Crippen LogP contribution in [-0.2, 0) is 9.57 Å². The van der Waals surface area contributed by atoms with Crippen molar-refractivity contribution in [2.75, 3.05) is 19.8 Å². The van der Waals surface area contributed by atoms with Gasteiger partial charge >= 0.3 is 0 Å². The van der Waals surface area contributed by atoms with E-state index in [0.717, 1.165) is 0 Å². The quantitative estimate of drug-likeness (QED) is 0.289. The number of nitrogens with two attached hydrogens (primary N) is 1. The molecule has 4 heteroatoms. The highest BCUT2D eigenvalue weighted by Gasteiger charge is 1.81. The Morgan fingerprint density at radius 3 is 2.75 bits per heavy atom. The predicted octanol–water partition coefficient (Wildman–Crippen LogP) is -0.582. The summed E-state index contributed by atoms with van der Waals surface area (Å²) in [5.41, 5.74) is 2.05. The van der Waals surface area contributed by atoms with Crippen molar-refractivity contribution in [1.29, 1.82) is 0 Å². The van der Waals surface area contributed by atoms with Gasteiger partial charge in [-0.3, -0.25) is 4.84 Å². The number of ether oxygens (including phenoxy) is 1. The maximum Gasteiger partial charge on any atom is 0.0932 e. The van der Waals surface area contributed by atoms with Crippen molar-refractivity contribution in [2.24, 2.45) is 5.84 Å². The Labute approximate surface area is 48.9 Å². The van der Waals surface area contributed by atoms with Crippen molar-refractivity contribution >= 4 is 0 Å². The average molecular weight is 120 g/mol. The molecule has 8 heavy (non-hydrogen) atoms. The second-order valence-corrected chi connectivity index (χ2v) is 1.16. The van der Waals surface area contributed by atoms with Crippen molar-refractivity contribution in [3.8, 4) is 0 Å². The van der Waals surface area contributed by atoms with Crippen LogP contribution in [0, 0.1) is 0 Å². The fourth-order valence-corrected chi connectivity index (χ4v) is 0.304. The highest BCUT2D eigenvalue weighted by Crippen LogP contribution is 1.71. The van der Waals surface area contributed by atoms with Crippen LogP contribution in [0.25, 0.3) is 0 Å². The lowest BCUT2D eigenvalue weighted by molar-refractivity contribution is -0.00230. The molecule has 0 bridgehead atoms. The Balaban J connectivity index is 2.53. The maximum absolute atomic E-state index is 4.92. The standard InChI is InChI=1S/C4H12N2O2/c1-2-7-3-4-8-6-5/h6H,2-5H2,1H3. The molecule has 0 aromatic carbocycles. The molecule has 50 valence electrons. The van der Waals surface area contributed by atoms with Crippen LogP contribution in [0.2, 0.25) is 0 Å². The molecule has 0 atom stereocenters. The van der Waals surface area contributed by atoms with E-state index in [1.165, 1.54) is 0 Å². The molecule has 0 rings (SSSR count). The van der Waals surface area contributed by atoms with Crippen molar-refractivity contribution in [1.82, 2.24) is 5.59 Å². The fourth-order valence-electron chi connectivity index (χ4n) is 0.304. The summed E-state index contributed by atoms with van der Waals surface area (Å²) in [5.74, 6) is 4.78. The van der Waals surface area contributed by atoms with Gasteiger partial charge in [-0.15, -0.1) is 5.59 Å². The molecule has 0 aliphatic heterocycles. The molecular weight excluding hydrogens is 108 g/mol. The molecule has 3 N–H and O–H groups in total. The molecular formula is C4H12N2O2. The van der Waals surface area contributed by atoms with E-state index in [0.29, 0.717) is 19.8 Å². The van der Waals surface area contributed by atoms with Crippen LogP contribution < -0.4 is 11.4 Å². The first kappa shape index (κ1) is 7.84. The molecule has 0 fully saturated rings. The average Bonchev–Trinajstić information content (AvgIpc) is 1.81. The lowest BCUT2D eigenvalue weighted by Gasteiger charge is -1.99. The molecule has 0 saturated carbocycles. The lowest BCUT2D eigenvalue weighted by atomic mass is 10.7. The van der Waals surface area contributed by atoms with Gasteiger partial charge in [0.2, 0.25) is 0 Å². The Morgan fingerprint density at radius 1 is 1.50 bits per heavy atom. The van der Waals surface area contributed by atoms with Gasteiger partial charge in [-0.05, 0) is 6.92 Å². The zero-order valence-electron chi connectivity index (χ0n) is 5.02. The van der Waals surface area contributed by atoms with E-state index in [4.69, 9.17) is 10.6 Å². The Morgan fingerprint density at radius 2 is 2.25 bits per heavy atom. The van der Waals surface area contributed by atoms with Gasteiger partial charge in [-0.25, -0.2) is 5.84 Å². The summed E-state index contributed by atoms with van der Waals surface area (Å²) in [6.45, 7) is 3.72. The topological polar surface area (TPSA) is 56.5 Å². The second-order valence-electron chi connectivity index (χ2n) is 1.16. The van der Waals surface area contributed by atoms with Crippen LogP contribution in [0.4, 0.5) is 0 Å². The molecule has 0 spiro atoms. The highest BCUT2D eigenvalue weighted by molar-refractivity contribution is 4.21. The van der Waals surface area contributed by atoms with Crippen LogP contribution in [-0.4, -0.2) is 19.8 Å². The molecule has 0 saturated heterocycles. The zero-order valence-corrected chi connectivity index (χ0v) is 5.02. The van der Waals surface area contributed by atoms with E-state index in [1.54, 1.807) is 0 Å². The minimum atomic E-state index is 0.490. The molecule has 0 radical (unpaired) electrons.